The molecule has 1 saturated heterocycles. The highest BCUT2D eigenvalue weighted by molar-refractivity contribution is 5.49. The van der Waals surface area contributed by atoms with Gasteiger partial charge >= 0.3 is 11.9 Å². The van der Waals surface area contributed by atoms with Gasteiger partial charge in [0.1, 0.15) is 6.61 Å². The fourth-order valence-corrected chi connectivity index (χ4v) is 2.05. The Bertz CT molecular complexity index is 499. The molecular weight excluding hydrogens is 277 g/mol. The first-order valence-corrected chi connectivity index (χ1v) is 6.10. The molecule has 0 unspecified atom stereocenters. The average molecular weight is 290 g/mol. The third-order valence-corrected chi connectivity index (χ3v) is 3.09. The summed E-state index contributed by atoms with van der Waals surface area (Å²) < 4.78 is 42.8. The van der Waals surface area contributed by atoms with E-state index in [0.29, 0.717) is 6.07 Å². The summed E-state index contributed by atoms with van der Waals surface area (Å²) in [6, 6.07) is 2.36. The first kappa shape index (κ1) is 14.6. The molecular formula is C12H13F3N2O3. The normalized spacial score (nSPS) is 19.1. The summed E-state index contributed by atoms with van der Waals surface area (Å²) in [6.07, 6.45) is -2.74. The summed E-state index contributed by atoms with van der Waals surface area (Å²) in [5.41, 5.74) is -1.73. The van der Waals surface area contributed by atoms with Crippen LogP contribution in [0.15, 0.2) is 18.2 Å². The van der Waals surface area contributed by atoms with Crippen molar-refractivity contribution < 1.29 is 22.8 Å². The van der Waals surface area contributed by atoms with Crippen molar-refractivity contribution in [2.45, 2.75) is 25.1 Å². The second-order valence-corrected chi connectivity index (χ2v) is 4.54. The third kappa shape index (κ3) is 3.38. The van der Waals surface area contributed by atoms with Crippen LogP contribution >= 0.6 is 0 Å². The molecule has 1 atom stereocenters. The monoisotopic (exact) mass is 290 g/mol. The topological polar surface area (TPSA) is 64.4 Å². The number of rotatable bonds is 4. The van der Waals surface area contributed by atoms with Crippen LogP contribution in [0.5, 0.6) is 5.75 Å². The zero-order chi connectivity index (χ0) is 14.8. The molecule has 1 aliphatic heterocycles. The van der Waals surface area contributed by atoms with Crippen molar-refractivity contribution in [1.29, 1.82) is 0 Å². The summed E-state index contributed by atoms with van der Waals surface area (Å²) in [6.45, 7) is 1.05. The van der Waals surface area contributed by atoms with Crippen LogP contribution in [0.2, 0.25) is 0 Å². The lowest BCUT2D eigenvalue weighted by Crippen LogP contribution is -2.28. The lowest BCUT2D eigenvalue weighted by atomic mass is 10.2. The van der Waals surface area contributed by atoms with E-state index < -0.39 is 22.4 Å². The fourth-order valence-electron chi connectivity index (χ4n) is 2.05. The highest BCUT2D eigenvalue weighted by Crippen LogP contribution is 2.36. The Labute approximate surface area is 112 Å². The van der Waals surface area contributed by atoms with E-state index >= 15 is 0 Å². The first-order chi connectivity index (χ1) is 9.38. The molecule has 0 bridgehead atoms. The van der Waals surface area contributed by atoms with Crippen molar-refractivity contribution in [2.75, 3.05) is 13.2 Å². The summed E-state index contributed by atoms with van der Waals surface area (Å²) >= 11 is 0. The molecule has 1 aromatic carbocycles. The predicted octanol–water partition coefficient (Wildman–Crippen LogP) is 2.74. The van der Waals surface area contributed by atoms with Crippen LogP contribution in [0.4, 0.5) is 18.9 Å². The van der Waals surface area contributed by atoms with E-state index in [2.05, 4.69) is 5.32 Å². The number of hydrogen-bond acceptors (Lipinski definition) is 4. The molecule has 1 N–H and O–H groups in total. The second-order valence-electron chi connectivity index (χ2n) is 4.54. The molecule has 0 aliphatic carbocycles. The highest BCUT2D eigenvalue weighted by atomic mass is 19.4. The van der Waals surface area contributed by atoms with E-state index in [4.69, 9.17) is 4.74 Å². The molecule has 8 heteroatoms. The summed E-state index contributed by atoms with van der Waals surface area (Å²) in [5, 5.41) is 14.0. The number of hydrogen-bond donors (Lipinski definition) is 1. The van der Waals surface area contributed by atoms with Crippen LogP contribution < -0.4 is 10.1 Å². The molecule has 2 rings (SSSR count). The Hall–Kier alpha value is -1.83. The van der Waals surface area contributed by atoms with Crippen LogP contribution in [0, 0.1) is 10.1 Å². The smallest absolute Gasteiger partial charge is 0.416 e. The lowest BCUT2D eigenvalue weighted by Gasteiger charge is -2.13. The van der Waals surface area contributed by atoms with Crippen LogP contribution in [0.25, 0.3) is 0 Å². The number of nitrogens with zero attached hydrogens (tertiary/aromatic N) is 1. The summed E-state index contributed by atoms with van der Waals surface area (Å²) in [5.74, 6) is -0.142. The third-order valence-electron chi connectivity index (χ3n) is 3.09. The number of benzene rings is 1. The largest absolute Gasteiger partial charge is 0.485 e. The highest BCUT2D eigenvalue weighted by Gasteiger charge is 2.33. The molecule has 1 aliphatic rings. The molecule has 0 aromatic heterocycles. The molecule has 0 saturated carbocycles. The van der Waals surface area contributed by atoms with Crippen molar-refractivity contribution in [2.24, 2.45) is 0 Å². The molecule has 0 spiro atoms. The maximum Gasteiger partial charge on any atom is 0.416 e. The molecule has 5 nitrogen and oxygen atoms in total. The zero-order valence-corrected chi connectivity index (χ0v) is 10.4. The number of halogens is 3. The van der Waals surface area contributed by atoms with Crippen molar-refractivity contribution in [1.82, 2.24) is 5.32 Å². The molecule has 0 amide bonds. The number of alkyl halides is 3. The Balaban J connectivity index is 2.17. The van der Waals surface area contributed by atoms with Gasteiger partial charge in [-0.1, -0.05) is 0 Å². The van der Waals surface area contributed by atoms with Crippen LogP contribution in [-0.2, 0) is 6.18 Å². The van der Waals surface area contributed by atoms with Gasteiger partial charge in [-0.3, -0.25) is 10.1 Å². The van der Waals surface area contributed by atoms with Gasteiger partial charge in [-0.2, -0.15) is 13.2 Å². The Morgan fingerprint density at radius 1 is 1.45 bits per heavy atom. The van der Waals surface area contributed by atoms with Gasteiger partial charge < -0.3 is 10.1 Å². The van der Waals surface area contributed by atoms with Gasteiger partial charge in [0.25, 0.3) is 0 Å². The predicted molar refractivity (Wildman–Crippen MR) is 64.6 cm³/mol. The van der Waals surface area contributed by atoms with Crippen molar-refractivity contribution >= 4 is 5.69 Å². The van der Waals surface area contributed by atoms with E-state index in [1.54, 1.807) is 0 Å². The van der Waals surface area contributed by atoms with Gasteiger partial charge in [-0.05, 0) is 31.5 Å². The van der Waals surface area contributed by atoms with Crippen LogP contribution in [-0.4, -0.2) is 24.1 Å². The van der Waals surface area contributed by atoms with Gasteiger partial charge in [0.05, 0.1) is 10.5 Å². The summed E-state index contributed by atoms with van der Waals surface area (Å²) in [4.78, 5) is 9.97. The average Bonchev–Trinajstić information content (AvgIpc) is 2.88. The fraction of sp³-hybridized carbons (Fsp3) is 0.500. The SMILES string of the molecule is O=[N+]([O-])c1cc(C(F)(F)F)ccc1OC[C@H]1CCCN1. The quantitative estimate of drug-likeness (QED) is 0.684. The molecule has 0 radical (unpaired) electrons. The van der Waals surface area contributed by atoms with E-state index in [9.17, 15) is 23.3 Å². The van der Waals surface area contributed by atoms with E-state index in [-0.39, 0.29) is 18.4 Å². The Morgan fingerprint density at radius 3 is 2.75 bits per heavy atom. The number of ether oxygens (including phenoxy) is 1. The van der Waals surface area contributed by atoms with Gasteiger partial charge in [0.2, 0.25) is 0 Å². The maximum atomic E-state index is 12.5. The lowest BCUT2D eigenvalue weighted by molar-refractivity contribution is -0.386. The van der Waals surface area contributed by atoms with Gasteiger partial charge in [0, 0.05) is 12.1 Å². The number of nitro benzene ring substituents is 1. The van der Waals surface area contributed by atoms with Crippen molar-refractivity contribution in [3.05, 3.63) is 33.9 Å². The minimum Gasteiger partial charge on any atom is -0.485 e. The minimum atomic E-state index is -4.61. The second kappa shape index (κ2) is 5.66. The first-order valence-electron chi connectivity index (χ1n) is 6.10. The molecule has 20 heavy (non-hydrogen) atoms. The van der Waals surface area contributed by atoms with E-state index in [1.165, 1.54) is 0 Å². The van der Waals surface area contributed by atoms with Crippen LogP contribution in [0.1, 0.15) is 18.4 Å². The molecule has 1 fully saturated rings. The van der Waals surface area contributed by atoms with Gasteiger partial charge in [-0.25, -0.2) is 0 Å². The Morgan fingerprint density at radius 2 is 2.20 bits per heavy atom. The van der Waals surface area contributed by atoms with Gasteiger partial charge in [0.15, 0.2) is 5.75 Å². The van der Waals surface area contributed by atoms with E-state index in [1.807, 2.05) is 0 Å². The molecule has 1 heterocycles. The standard InChI is InChI=1S/C12H13F3N2O3/c13-12(14,15)8-3-4-11(10(6-8)17(18)19)20-7-9-2-1-5-16-9/h3-4,6,9,16H,1-2,5,7H2/t9-/m1/s1. The van der Waals surface area contributed by atoms with Crippen LogP contribution in [0.3, 0.4) is 0 Å². The minimum absolute atomic E-state index is 0.0805. The zero-order valence-electron chi connectivity index (χ0n) is 10.4. The van der Waals surface area contributed by atoms with Crippen molar-refractivity contribution in [3.63, 3.8) is 0 Å². The maximum absolute atomic E-state index is 12.5. The molecule has 1 aromatic rings. The van der Waals surface area contributed by atoms with Crippen molar-refractivity contribution in [3.8, 4) is 5.75 Å². The van der Waals surface area contributed by atoms with E-state index in [0.717, 1.165) is 31.5 Å². The van der Waals surface area contributed by atoms with Gasteiger partial charge in [-0.15, -0.1) is 0 Å². The summed E-state index contributed by atoms with van der Waals surface area (Å²) in [7, 11) is 0. The molecule has 110 valence electrons. The number of nitro groups is 1. The Kier molecular flexibility index (Phi) is 4.12. The number of nitrogens with one attached hydrogen (secondary N) is 1.